The summed E-state index contributed by atoms with van der Waals surface area (Å²) >= 11 is 4.22. The Labute approximate surface area is 166 Å². The van der Waals surface area contributed by atoms with E-state index < -0.39 is 17.5 Å². The molecule has 1 N–H and O–H groups in total. The van der Waals surface area contributed by atoms with E-state index in [2.05, 4.69) is 36.4 Å². The minimum Gasteiger partial charge on any atom is -0.322 e. The minimum atomic E-state index is -0.850. The Hall–Kier alpha value is -2.33. The summed E-state index contributed by atoms with van der Waals surface area (Å²) in [4.78, 5) is 16.2. The van der Waals surface area contributed by atoms with Gasteiger partial charge in [-0.25, -0.2) is 8.78 Å². The Bertz CT molecular complexity index is 944. The molecule has 0 radical (unpaired) electrons. The zero-order chi connectivity index (χ0) is 19.4. The van der Waals surface area contributed by atoms with Crippen LogP contribution < -0.4 is 5.32 Å². The summed E-state index contributed by atoms with van der Waals surface area (Å²) in [6, 6.07) is 5.45. The van der Waals surface area contributed by atoms with Gasteiger partial charge in [0.2, 0.25) is 5.91 Å². The van der Waals surface area contributed by atoms with Crippen LogP contribution in [0.2, 0.25) is 0 Å². The number of carbonyl (C=O) groups excluding carboxylic acids is 1. The maximum Gasteiger partial charge on any atom is 0.234 e. The van der Waals surface area contributed by atoms with Gasteiger partial charge < -0.3 is 9.88 Å². The molecule has 3 aromatic rings. The fourth-order valence-corrected chi connectivity index (χ4v) is 3.67. The number of aromatic nitrogens is 4. The number of nitrogens with one attached hydrogen (secondary N) is 1. The summed E-state index contributed by atoms with van der Waals surface area (Å²) < 4.78 is 29.0. The molecule has 0 aliphatic carbocycles. The second kappa shape index (κ2) is 8.57. The average Bonchev–Trinajstić information content (AvgIpc) is 3.06. The number of amides is 1. The highest BCUT2D eigenvalue weighted by Gasteiger charge is 2.16. The van der Waals surface area contributed by atoms with Crippen molar-refractivity contribution in [2.24, 2.45) is 0 Å². The molecule has 0 aliphatic rings. The van der Waals surface area contributed by atoms with Crippen LogP contribution in [-0.2, 0) is 11.3 Å². The molecule has 1 aromatic carbocycles. The number of carbonyl (C=O) groups is 1. The summed E-state index contributed by atoms with van der Waals surface area (Å²) in [6.07, 6.45) is 3.33. The zero-order valence-electron chi connectivity index (χ0n) is 14.1. The molecule has 1 amide bonds. The van der Waals surface area contributed by atoms with Crippen molar-refractivity contribution < 1.29 is 13.6 Å². The fourth-order valence-electron chi connectivity index (χ4n) is 2.36. The second-order valence-electron chi connectivity index (χ2n) is 5.37. The van der Waals surface area contributed by atoms with Crippen LogP contribution in [0.15, 0.2) is 46.3 Å². The van der Waals surface area contributed by atoms with E-state index in [1.807, 2.05) is 23.6 Å². The maximum absolute atomic E-state index is 13.8. The van der Waals surface area contributed by atoms with Gasteiger partial charge in [0, 0.05) is 35.0 Å². The van der Waals surface area contributed by atoms with Crippen molar-refractivity contribution in [2.45, 2.75) is 18.6 Å². The topological polar surface area (TPSA) is 72.7 Å². The number of halogens is 3. The van der Waals surface area contributed by atoms with Gasteiger partial charge in [-0.05, 0) is 41.1 Å². The molecular formula is C17H14BrF2N5OS. The highest BCUT2D eigenvalue weighted by atomic mass is 79.9. The van der Waals surface area contributed by atoms with Gasteiger partial charge in [-0.15, -0.1) is 10.2 Å². The lowest BCUT2D eigenvalue weighted by Crippen LogP contribution is -2.16. The number of thioether (sulfide) groups is 1. The largest absolute Gasteiger partial charge is 0.322 e. The first-order chi connectivity index (χ1) is 13.0. The van der Waals surface area contributed by atoms with Crippen LogP contribution in [0.1, 0.15) is 6.92 Å². The molecule has 27 heavy (non-hydrogen) atoms. The van der Waals surface area contributed by atoms with Crippen molar-refractivity contribution in [3.63, 3.8) is 0 Å². The third-order valence-corrected chi connectivity index (χ3v) is 5.17. The molecule has 0 saturated heterocycles. The molecule has 0 aliphatic heterocycles. The Balaban J connectivity index is 1.70. The highest BCUT2D eigenvalue weighted by molar-refractivity contribution is 9.10. The summed E-state index contributed by atoms with van der Waals surface area (Å²) in [7, 11) is 0. The molecule has 2 aromatic heterocycles. The molecule has 140 valence electrons. The number of pyridine rings is 1. The first kappa shape index (κ1) is 19.4. The van der Waals surface area contributed by atoms with Crippen LogP contribution in [-0.4, -0.2) is 31.4 Å². The monoisotopic (exact) mass is 453 g/mol. The van der Waals surface area contributed by atoms with Gasteiger partial charge >= 0.3 is 0 Å². The molecule has 3 rings (SSSR count). The lowest BCUT2D eigenvalue weighted by atomic mass is 10.2. The van der Waals surface area contributed by atoms with Crippen LogP contribution in [0.25, 0.3) is 11.4 Å². The van der Waals surface area contributed by atoms with Gasteiger partial charge in [0.1, 0.15) is 5.82 Å². The summed E-state index contributed by atoms with van der Waals surface area (Å²) in [5.41, 5.74) is 0.768. The maximum atomic E-state index is 13.8. The van der Waals surface area contributed by atoms with E-state index in [9.17, 15) is 13.6 Å². The van der Waals surface area contributed by atoms with Crippen LogP contribution in [0.3, 0.4) is 0 Å². The molecule has 6 nitrogen and oxygen atoms in total. The van der Waals surface area contributed by atoms with Crippen LogP contribution >= 0.6 is 27.7 Å². The number of nitrogens with zero attached hydrogens (tertiary/aromatic N) is 4. The van der Waals surface area contributed by atoms with Crippen molar-refractivity contribution in [1.82, 2.24) is 19.7 Å². The van der Waals surface area contributed by atoms with Crippen molar-refractivity contribution in [3.8, 4) is 11.4 Å². The molecule has 2 heterocycles. The molecule has 0 unspecified atom stereocenters. The van der Waals surface area contributed by atoms with Gasteiger partial charge in [-0.1, -0.05) is 11.8 Å². The Morgan fingerprint density at radius 2 is 2.00 bits per heavy atom. The van der Waals surface area contributed by atoms with Crippen molar-refractivity contribution in [2.75, 3.05) is 11.1 Å². The number of rotatable bonds is 6. The zero-order valence-corrected chi connectivity index (χ0v) is 16.5. The SMILES string of the molecule is CCn1c(SCC(=O)Nc2c(F)cc(F)cc2Br)nnc1-c1ccncc1. The number of benzene rings is 1. The normalized spacial score (nSPS) is 10.8. The van der Waals surface area contributed by atoms with Gasteiger partial charge in [0.05, 0.1) is 11.4 Å². The van der Waals surface area contributed by atoms with Gasteiger partial charge in [-0.2, -0.15) is 0 Å². The van der Waals surface area contributed by atoms with E-state index in [4.69, 9.17) is 0 Å². The van der Waals surface area contributed by atoms with E-state index in [-0.39, 0.29) is 15.9 Å². The summed E-state index contributed by atoms with van der Waals surface area (Å²) in [6.45, 7) is 2.57. The van der Waals surface area contributed by atoms with Crippen LogP contribution in [0, 0.1) is 11.6 Å². The summed E-state index contributed by atoms with van der Waals surface area (Å²) in [5, 5.41) is 11.3. The molecule has 0 fully saturated rings. The van der Waals surface area contributed by atoms with E-state index >= 15 is 0 Å². The summed E-state index contributed by atoms with van der Waals surface area (Å²) in [5.74, 6) is -1.35. The lowest BCUT2D eigenvalue weighted by Gasteiger charge is -2.09. The number of hydrogen-bond donors (Lipinski definition) is 1. The molecule has 0 bridgehead atoms. The second-order valence-corrected chi connectivity index (χ2v) is 7.16. The standard InChI is InChI=1S/C17H14BrF2N5OS/c1-2-25-16(10-3-5-21-6-4-10)23-24-17(25)27-9-14(26)22-15-12(18)7-11(19)8-13(15)20/h3-8H,2,9H2,1H3,(H,22,26). The van der Waals surface area contributed by atoms with Crippen molar-refractivity contribution >= 4 is 39.3 Å². The number of anilines is 1. The fraction of sp³-hybridized carbons (Fsp3) is 0.176. The van der Waals surface area contributed by atoms with E-state index in [0.29, 0.717) is 23.6 Å². The van der Waals surface area contributed by atoms with Crippen molar-refractivity contribution in [1.29, 1.82) is 0 Å². The van der Waals surface area contributed by atoms with Gasteiger partial charge in [0.25, 0.3) is 0 Å². The average molecular weight is 454 g/mol. The van der Waals surface area contributed by atoms with E-state index in [0.717, 1.165) is 11.6 Å². The predicted octanol–water partition coefficient (Wildman–Crippen LogP) is 4.13. The third kappa shape index (κ3) is 4.51. The van der Waals surface area contributed by atoms with E-state index in [1.54, 1.807) is 12.4 Å². The Morgan fingerprint density at radius 1 is 1.26 bits per heavy atom. The van der Waals surface area contributed by atoms with Gasteiger partial charge in [0.15, 0.2) is 16.8 Å². The third-order valence-electron chi connectivity index (χ3n) is 3.58. The van der Waals surface area contributed by atoms with E-state index in [1.165, 1.54) is 11.8 Å². The smallest absolute Gasteiger partial charge is 0.234 e. The highest BCUT2D eigenvalue weighted by Crippen LogP contribution is 2.28. The molecule has 10 heteroatoms. The first-order valence-electron chi connectivity index (χ1n) is 7.90. The first-order valence-corrected chi connectivity index (χ1v) is 9.68. The van der Waals surface area contributed by atoms with Crippen LogP contribution in [0.5, 0.6) is 0 Å². The molecule has 0 atom stereocenters. The minimum absolute atomic E-state index is 0.00225. The molecule has 0 saturated carbocycles. The molecular weight excluding hydrogens is 440 g/mol. The predicted molar refractivity (Wildman–Crippen MR) is 102 cm³/mol. The van der Waals surface area contributed by atoms with Gasteiger partial charge in [-0.3, -0.25) is 9.78 Å². The molecule has 0 spiro atoms. The quantitative estimate of drug-likeness (QED) is 0.568. The lowest BCUT2D eigenvalue weighted by molar-refractivity contribution is -0.113. The van der Waals surface area contributed by atoms with Crippen LogP contribution in [0.4, 0.5) is 14.5 Å². The van der Waals surface area contributed by atoms with Crippen molar-refractivity contribution in [3.05, 3.63) is 52.8 Å². The Morgan fingerprint density at radius 3 is 2.67 bits per heavy atom. The Kier molecular flexibility index (Phi) is 6.17. The number of hydrogen-bond acceptors (Lipinski definition) is 5.